The van der Waals surface area contributed by atoms with E-state index in [0.717, 1.165) is 31.4 Å². The number of aromatic nitrogens is 1. The van der Waals surface area contributed by atoms with E-state index in [1.54, 1.807) is 0 Å². The molecule has 6 nitrogen and oxygen atoms in total. The van der Waals surface area contributed by atoms with Crippen LogP contribution in [0, 0.1) is 0 Å². The zero-order valence-corrected chi connectivity index (χ0v) is 15.3. The van der Waals surface area contributed by atoms with Crippen LogP contribution in [0.1, 0.15) is 36.0 Å². The summed E-state index contributed by atoms with van der Waals surface area (Å²) < 4.78 is 7.49. The van der Waals surface area contributed by atoms with Gasteiger partial charge in [-0.2, -0.15) is 0 Å². The molecular weight excluding hydrogens is 342 g/mol. The predicted octanol–water partition coefficient (Wildman–Crippen LogP) is 2.38. The average Bonchev–Trinajstić information content (AvgIpc) is 3.42. The van der Waals surface area contributed by atoms with E-state index in [1.807, 2.05) is 58.3 Å². The Kier molecular flexibility index (Phi) is 5.25. The molecule has 1 atom stereocenters. The maximum atomic E-state index is 12.5. The van der Waals surface area contributed by atoms with Crippen LogP contribution in [0.3, 0.4) is 0 Å². The highest BCUT2D eigenvalue weighted by Crippen LogP contribution is 2.19. The number of benzene rings is 1. The molecule has 6 heteroatoms. The first-order valence-corrected chi connectivity index (χ1v) is 9.65. The lowest BCUT2D eigenvalue weighted by Crippen LogP contribution is -2.49. The largest absolute Gasteiger partial charge is 0.368 e. The van der Waals surface area contributed by atoms with Gasteiger partial charge in [0.2, 0.25) is 0 Å². The van der Waals surface area contributed by atoms with E-state index in [2.05, 4.69) is 5.32 Å². The lowest BCUT2D eigenvalue weighted by atomic mass is 10.0. The molecule has 0 aliphatic carbocycles. The van der Waals surface area contributed by atoms with Crippen molar-refractivity contribution in [3.05, 3.63) is 54.4 Å². The minimum absolute atomic E-state index is 0.0574. The Morgan fingerprint density at radius 1 is 1.00 bits per heavy atom. The van der Waals surface area contributed by atoms with Crippen molar-refractivity contribution in [2.24, 2.45) is 0 Å². The monoisotopic (exact) mass is 367 g/mol. The number of carbonyl (C=O) groups is 2. The van der Waals surface area contributed by atoms with Crippen molar-refractivity contribution >= 4 is 11.8 Å². The maximum Gasteiger partial charge on any atom is 0.251 e. The van der Waals surface area contributed by atoms with E-state index in [1.165, 1.54) is 0 Å². The Labute approximate surface area is 159 Å². The summed E-state index contributed by atoms with van der Waals surface area (Å²) in [5.74, 6) is 0.0517. The summed E-state index contributed by atoms with van der Waals surface area (Å²) in [5, 5.41) is 3.10. The second-order valence-electron chi connectivity index (χ2n) is 7.21. The van der Waals surface area contributed by atoms with Gasteiger partial charge in [-0.25, -0.2) is 0 Å². The highest BCUT2D eigenvalue weighted by Gasteiger charge is 2.31. The van der Waals surface area contributed by atoms with E-state index < -0.39 is 0 Å². The summed E-state index contributed by atoms with van der Waals surface area (Å²) >= 11 is 0. The maximum absolute atomic E-state index is 12.5. The average molecular weight is 367 g/mol. The summed E-state index contributed by atoms with van der Waals surface area (Å²) in [5.41, 5.74) is 1.68. The molecule has 0 saturated carbocycles. The van der Waals surface area contributed by atoms with Gasteiger partial charge in [0.15, 0.2) is 0 Å². The van der Waals surface area contributed by atoms with Gasteiger partial charge in [0.25, 0.3) is 11.8 Å². The van der Waals surface area contributed by atoms with E-state index in [9.17, 15) is 9.59 Å². The first-order valence-electron chi connectivity index (χ1n) is 9.65. The SMILES string of the molecule is O=C(NC1CCN(C(=O)C2CCCO2)CC1)c1ccc(-n2cccc2)cc1. The normalized spacial score (nSPS) is 20.6. The van der Waals surface area contributed by atoms with Gasteiger partial charge in [0.05, 0.1) is 0 Å². The standard InChI is InChI=1S/C21H25N3O3/c25-20(16-5-7-18(8-6-16)23-11-1-2-12-23)22-17-9-13-24(14-10-17)21(26)19-4-3-15-27-19/h1-2,5-8,11-12,17,19H,3-4,9-10,13-15H2,(H,22,25). The van der Waals surface area contributed by atoms with Gasteiger partial charge in [-0.15, -0.1) is 0 Å². The number of rotatable bonds is 4. The summed E-state index contributed by atoms with van der Waals surface area (Å²) in [6.07, 6.45) is 7.05. The van der Waals surface area contributed by atoms with E-state index >= 15 is 0 Å². The van der Waals surface area contributed by atoms with Gasteiger partial charge in [0.1, 0.15) is 6.10 Å². The van der Waals surface area contributed by atoms with Crippen LogP contribution in [-0.2, 0) is 9.53 Å². The molecule has 1 unspecified atom stereocenters. The molecule has 2 aromatic rings. The molecule has 2 amide bonds. The van der Waals surface area contributed by atoms with Crippen LogP contribution < -0.4 is 5.32 Å². The fraction of sp³-hybridized carbons (Fsp3) is 0.429. The number of nitrogens with zero attached hydrogens (tertiary/aromatic N) is 2. The van der Waals surface area contributed by atoms with Crippen LogP contribution in [-0.4, -0.2) is 53.1 Å². The summed E-state index contributed by atoms with van der Waals surface area (Å²) in [4.78, 5) is 26.8. The molecule has 2 fully saturated rings. The van der Waals surface area contributed by atoms with Gasteiger partial charge in [0, 0.05) is 49.4 Å². The number of piperidine rings is 1. The second-order valence-corrected chi connectivity index (χ2v) is 7.21. The molecular formula is C21H25N3O3. The summed E-state index contributed by atoms with van der Waals surface area (Å²) in [6, 6.07) is 11.6. The number of nitrogens with one attached hydrogen (secondary N) is 1. The Bertz CT molecular complexity index is 772. The third-order valence-corrected chi connectivity index (χ3v) is 5.38. The molecule has 1 N–H and O–H groups in total. The predicted molar refractivity (Wildman–Crippen MR) is 102 cm³/mol. The Morgan fingerprint density at radius 2 is 1.70 bits per heavy atom. The van der Waals surface area contributed by atoms with Crippen LogP contribution in [0.4, 0.5) is 0 Å². The molecule has 4 rings (SSSR count). The molecule has 27 heavy (non-hydrogen) atoms. The molecule has 2 aliphatic heterocycles. The Morgan fingerprint density at radius 3 is 2.33 bits per heavy atom. The number of hydrogen-bond acceptors (Lipinski definition) is 3. The summed E-state index contributed by atoms with van der Waals surface area (Å²) in [6.45, 7) is 2.04. The van der Waals surface area contributed by atoms with Crippen LogP contribution in [0.15, 0.2) is 48.8 Å². The molecule has 2 saturated heterocycles. The van der Waals surface area contributed by atoms with Crippen LogP contribution >= 0.6 is 0 Å². The first kappa shape index (κ1) is 17.8. The fourth-order valence-electron chi connectivity index (χ4n) is 3.78. The minimum atomic E-state index is -0.255. The van der Waals surface area contributed by atoms with Crippen molar-refractivity contribution in [2.45, 2.75) is 37.8 Å². The number of likely N-dealkylation sites (tertiary alicyclic amines) is 1. The number of ether oxygens (including phenoxy) is 1. The summed E-state index contributed by atoms with van der Waals surface area (Å²) in [7, 11) is 0. The quantitative estimate of drug-likeness (QED) is 0.902. The lowest BCUT2D eigenvalue weighted by molar-refractivity contribution is -0.142. The number of amides is 2. The van der Waals surface area contributed by atoms with E-state index in [-0.39, 0.29) is 24.0 Å². The van der Waals surface area contributed by atoms with Crippen molar-refractivity contribution < 1.29 is 14.3 Å². The third kappa shape index (κ3) is 4.06. The highest BCUT2D eigenvalue weighted by molar-refractivity contribution is 5.94. The third-order valence-electron chi connectivity index (χ3n) is 5.38. The molecule has 0 spiro atoms. The van der Waals surface area contributed by atoms with Gasteiger partial charge in [-0.3, -0.25) is 9.59 Å². The Balaban J connectivity index is 1.28. The zero-order chi connectivity index (χ0) is 18.6. The lowest BCUT2D eigenvalue weighted by Gasteiger charge is -2.33. The molecule has 0 bridgehead atoms. The molecule has 1 aromatic heterocycles. The van der Waals surface area contributed by atoms with Gasteiger partial charge >= 0.3 is 0 Å². The molecule has 1 aromatic carbocycles. The van der Waals surface area contributed by atoms with Crippen molar-refractivity contribution in [3.8, 4) is 5.69 Å². The van der Waals surface area contributed by atoms with Crippen molar-refractivity contribution in [1.82, 2.24) is 14.8 Å². The molecule has 3 heterocycles. The van der Waals surface area contributed by atoms with Gasteiger partial charge in [-0.05, 0) is 62.1 Å². The number of hydrogen-bond donors (Lipinski definition) is 1. The molecule has 0 radical (unpaired) electrons. The first-order chi connectivity index (χ1) is 13.2. The van der Waals surface area contributed by atoms with E-state index in [4.69, 9.17) is 4.74 Å². The smallest absolute Gasteiger partial charge is 0.251 e. The minimum Gasteiger partial charge on any atom is -0.368 e. The molecule has 2 aliphatic rings. The highest BCUT2D eigenvalue weighted by atomic mass is 16.5. The fourth-order valence-corrected chi connectivity index (χ4v) is 3.78. The van der Waals surface area contributed by atoms with Crippen molar-refractivity contribution in [1.29, 1.82) is 0 Å². The van der Waals surface area contributed by atoms with Crippen molar-refractivity contribution in [3.63, 3.8) is 0 Å². The van der Waals surface area contributed by atoms with Gasteiger partial charge < -0.3 is 19.5 Å². The Hall–Kier alpha value is -2.60. The van der Waals surface area contributed by atoms with Gasteiger partial charge in [-0.1, -0.05) is 0 Å². The van der Waals surface area contributed by atoms with Crippen LogP contribution in [0.25, 0.3) is 5.69 Å². The molecule has 142 valence electrons. The topological polar surface area (TPSA) is 63.6 Å². The van der Waals surface area contributed by atoms with E-state index in [0.29, 0.717) is 25.3 Å². The van der Waals surface area contributed by atoms with Crippen molar-refractivity contribution in [2.75, 3.05) is 19.7 Å². The second kappa shape index (κ2) is 7.96. The number of carbonyl (C=O) groups excluding carboxylic acids is 2. The zero-order valence-electron chi connectivity index (χ0n) is 15.3. The van der Waals surface area contributed by atoms with Crippen LogP contribution in [0.5, 0.6) is 0 Å². The van der Waals surface area contributed by atoms with Crippen LogP contribution in [0.2, 0.25) is 0 Å².